The molecular weight excluding hydrogens is 152 g/mol. The first-order chi connectivity index (χ1) is 5.79. The minimum atomic E-state index is -0.0501. The van der Waals surface area contributed by atoms with E-state index in [-0.39, 0.29) is 6.03 Å². The van der Waals surface area contributed by atoms with E-state index in [4.69, 9.17) is 12.8 Å². The second-order valence-corrected chi connectivity index (χ2v) is 2.53. The van der Waals surface area contributed by atoms with Gasteiger partial charge < -0.3 is 9.80 Å². The second-order valence-electron chi connectivity index (χ2n) is 2.53. The molecule has 1 rings (SSSR count). The lowest BCUT2D eigenvalue weighted by molar-refractivity contribution is 0.200. The minimum Gasteiger partial charge on any atom is -0.312 e. The lowest BCUT2D eigenvalue weighted by Crippen LogP contribution is -2.32. The van der Waals surface area contributed by atoms with Crippen molar-refractivity contribution < 1.29 is 4.79 Å². The van der Waals surface area contributed by atoms with Crippen LogP contribution in [0.15, 0.2) is 0 Å². The summed E-state index contributed by atoms with van der Waals surface area (Å²) in [7, 11) is 0. The molecule has 3 heteroatoms. The molecule has 0 radical (unpaired) electrons. The highest BCUT2D eigenvalue weighted by molar-refractivity contribution is 5.77. The zero-order chi connectivity index (χ0) is 8.97. The molecule has 0 atom stereocenters. The molecule has 1 saturated heterocycles. The molecule has 0 aromatic carbocycles. The van der Waals surface area contributed by atoms with Crippen LogP contribution in [0, 0.1) is 24.7 Å². The smallest absolute Gasteiger partial charge is 0.312 e. The number of nitrogens with zero attached hydrogens (tertiary/aromatic N) is 2. The summed E-state index contributed by atoms with van der Waals surface area (Å²) in [4.78, 5) is 14.6. The van der Waals surface area contributed by atoms with Crippen molar-refractivity contribution in [2.24, 2.45) is 0 Å². The molecule has 0 aliphatic carbocycles. The molecule has 0 N–H and O–H groups in total. The fraction of sp³-hybridized carbons (Fsp3) is 0.444. The number of hydrogen-bond acceptors (Lipinski definition) is 1. The molecule has 0 saturated carbocycles. The van der Waals surface area contributed by atoms with E-state index in [0.717, 1.165) is 0 Å². The Kier molecular flexibility index (Phi) is 2.61. The van der Waals surface area contributed by atoms with Gasteiger partial charge in [0.1, 0.15) is 0 Å². The summed E-state index contributed by atoms with van der Waals surface area (Å²) in [5, 5.41) is 0. The maximum absolute atomic E-state index is 11.3. The van der Waals surface area contributed by atoms with Gasteiger partial charge in [-0.3, -0.25) is 0 Å². The Labute approximate surface area is 72.3 Å². The summed E-state index contributed by atoms with van der Waals surface area (Å²) in [6.45, 7) is 2.12. The molecule has 1 heterocycles. The number of carbonyl (C=O) groups is 1. The molecule has 0 aromatic heterocycles. The van der Waals surface area contributed by atoms with E-state index < -0.39 is 0 Å². The molecule has 2 amide bonds. The van der Waals surface area contributed by atoms with Crippen molar-refractivity contribution in [2.75, 3.05) is 26.2 Å². The van der Waals surface area contributed by atoms with E-state index in [1.165, 1.54) is 0 Å². The van der Waals surface area contributed by atoms with Crippen LogP contribution in [0.1, 0.15) is 0 Å². The third-order valence-electron chi connectivity index (χ3n) is 1.75. The van der Waals surface area contributed by atoms with E-state index in [1.54, 1.807) is 9.80 Å². The Morgan fingerprint density at radius 3 is 1.92 bits per heavy atom. The van der Waals surface area contributed by atoms with Crippen LogP contribution in [0.2, 0.25) is 0 Å². The highest BCUT2D eigenvalue weighted by Gasteiger charge is 2.26. The van der Waals surface area contributed by atoms with Gasteiger partial charge in [0.25, 0.3) is 0 Å². The Bertz CT molecular complexity index is 233. The van der Waals surface area contributed by atoms with Crippen LogP contribution in [0.3, 0.4) is 0 Å². The van der Waals surface area contributed by atoms with Crippen LogP contribution in [-0.2, 0) is 0 Å². The summed E-state index contributed by atoms with van der Waals surface area (Å²) >= 11 is 0. The Morgan fingerprint density at radius 2 is 1.58 bits per heavy atom. The van der Waals surface area contributed by atoms with Crippen molar-refractivity contribution in [1.82, 2.24) is 9.80 Å². The predicted octanol–water partition coefficient (Wildman–Crippen LogP) is -0.00960. The van der Waals surface area contributed by atoms with Crippen molar-refractivity contribution in [3.8, 4) is 24.7 Å². The van der Waals surface area contributed by atoms with Crippen LogP contribution < -0.4 is 0 Å². The van der Waals surface area contributed by atoms with Crippen molar-refractivity contribution >= 4 is 6.03 Å². The number of terminal acetylenes is 2. The molecule has 1 aliphatic rings. The maximum Gasteiger partial charge on any atom is 0.321 e. The van der Waals surface area contributed by atoms with Gasteiger partial charge in [-0.15, -0.1) is 12.8 Å². The average molecular weight is 162 g/mol. The maximum atomic E-state index is 11.3. The standard InChI is InChI=1S/C9H10N2O/c1-3-5-10-7-8-11(6-4-2)9(10)12/h1-2H,5-8H2. The minimum absolute atomic E-state index is 0.0501. The third-order valence-corrected chi connectivity index (χ3v) is 1.75. The highest BCUT2D eigenvalue weighted by atomic mass is 16.2. The molecular formula is C9H10N2O. The first-order valence-electron chi connectivity index (χ1n) is 3.70. The van der Waals surface area contributed by atoms with Crippen LogP contribution in [-0.4, -0.2) is 42.0 Å². The van der Waals surface area contributed by atoms with E-state index in [0.29, 0.717) is 26.2 Å². The van der Waals surface area contributed by atoms with Crippen molar-refractivity contribution in [2.45, 2.75) is 0 Å². The largest absolute Gasteiger partial charge is 0.321 e. The van der Waals surface area contributed by atoms with Gasteiger partial charge in [0.2, 0.25) is 0 Å². The first kappa shape index (κ1) is 8.49. The first-order valence-corrected chi connectivity index (χ1v) is 3.70. The van der Waals surface area contributed by atoms with Gasteiger partial charge in [0.15, 0.2) is 0 Å². The van der Waals surface area contributed by atoms with Gasteiger partial charge in [-0.2, -0.15) is 0 Å². The number of urea groups is 1. The quantitative estimate of drug-likeness (QED) is 0.524. The van der Waals surface area contributed by atoms with Gasteiger partial charge in [0, 0.05) is 13.1 Å². The lowest BCUT2D eigenvalue weighted by Gasteiger charge is -2.13. The third kappa shape index (κ3) is 1.52. The van der Waals surface area contributed by atoms with E-state index in [2.05, 4.69) is 11.8 Å². The van der Waals surface area contributed by atoms with Crippen LogP contribution in [0.5, 0.6) is 0 Å². The summed E-state index contributed by atoms with van der Waals surface area (Å²) in [6.07, 6.45) is 10.2. The van der Waals surface area contributed by atoms with Gasteiger partial charge >= 0.3 is 6.03 Å². The predicted molar refractivity (Wildman–Crippen MR) is 46.2 cm³/mol. The van der Waals surface area contributed by atoms with E-state index >= 15 is 0 Å². The summed E-state index contributed by atoms with van der Waals surface area (Å²) in [5.74, 6) is 4.86. The van der Waals surface area contributed by atoms with Crippen LogP contribution in [0.25, 0.3) is 0 Å². The monoisotopic (exact) mass is 162 g/mol. The Balaban J connectivity index is 2.51. The lowest BCUT2D eigenvalue weighted by atomic mass is 10.5. The fourth-order valence-electron chi connectivity index (χ4n) is 1.15. The molecule has 0 aromatic rings. The van der Waals surface area contributed by atoms with Gasteiger partial charge in [-0.25, -0.2) is 4.79 Å². The molecule has 1 fully saturated rings. The number of carbonyl (C=O) groups excluding carboxylic acids is 1. The van der Waals surface area contributed by atoms with Crippen LogP contribution in [0.4, 0.5) is 4.79 Å². The van der Waals surface area contributed by atoms with Gasteiger partial charge in [0.05, 0.1) is 13.1 Å². The molecule has 0 unspecified atom stereocenters. The normalized spacial score (nSPS) is 16.0. The summed E-state index contributed by atoms with van der Waals surface area (Å²) in [6, 6.07) is -0.0501. The summed E-state index contributed by atoms with van der Waals surface area (Å²) < 4.78 is 0. The number of amides is 2. The zero-order valence-corrected chi connectivity index (χ0v) is 6.79. The summed E-state index contributed by atoms with van der Waals surface area (Å²) in [5.41, 5.74) is 0. The average Bonchev–Trinajstić information content (AvgIpc) is 2.38. The molecule has 3 nitrogen and oxygen atoms in total. The molecule has 0 spiro atoms. The second kappa shape index (κ2) is 3.69. The van der Waals surface area contributed by atoms with Crippen molar-refractivity contribution in [1.29, 1.82) is 0 Å². The number of rotatable bonds is 2. The zero-order valence-electron chi connectivity index (χ0n) is 6.79. The topological polar surface area (TPSA) is 23.6 Å². The molecule has 1 aliphatic heterocycles. The fourth-order valence-corrected chi connectivity index (χ4v) is 1.15. The SMILES string of the molecule is C#CCN1CCN(CC#C)C1=O. The van der Waals surface area contributed by atoms with Gasteiger partial charge in [-0.1, -0.05) is 11.8 Å². The number of hydrogen-bond donors (Lipinski definition) is 0. The van der Waals surface area contributed by atoms with Crippen molar-refractivity contribution in [3.63, 3.8) is 0 Å². The Hall–Kier alpha value is -1.61. The highest BCUT2D eigenvalue weighted by Crippen LogP contribution is 2.06. The van der Waals surface area contributed by atoms with Crippen molar-refractivity contribution in [3.05, 3.63) is 0 Å². The molecule has 0 bridgehead atoms. The van der Waals surface area contributed by atoms with E-state index in [1.807, 2.05) is 0 Å². The van der Waals surface area contributed by atoms with Crippen LogP contribution >= 0.6 is 0 Å². The molecule has 62 valence electrons. The van der Waals surface area contributed by atoms with Gasteiger partial charge in [-0.05, 0) is 0 Å². The molecule has 12 heavy (non-hydrogen) atoms. The van der Waals surface area contributed by atoms with E-state index in [9.17, 15) is 4.79 Å². The Morgan fingerprint density at radius 1 is 1.17 bits per heavy atom.